The van der Waals surface area contributed by atoms with E-state index in [0.717, 1.165) is 27.4 Å². The van der Waals surface area contributed by atoms with Crippen LogP contribution in [0.25, 0.3) is 0 Å². The first kappa shape index (κ1) is 34.3. The summed E-state index contributed by atoms with van der Waals surface area (Å²) in [6.45, 7) is 6.90. The Morgan fingerprint density at radius 3 is 2.37 bits per heavy atom. The molecule has 1 aromatic heterocycles. The summed E-state index contributed by atoms with van der Waals surface area (Å²) < 4.78 is 0. The first-order valence-corrected chi connectivity index (χ1v) is 16.0. The van der Waals surface area contributed by atoms with Crippen LogP contribution in [0.15, 0.2) is 78.2 Å². The molecule has 11 heteroatoms. The molecule has 4 aromatic rings. The van der Waals surface area contributed by atoms with Crippen molar-refractivity contribution >= 4 is 34.9 Å². The van der Waals surface area contributed by atoms with Gasteiger partial charge in [-0.2, -0.15) is 0 Å². The molecule has 4 rings (SSSR count). The van der Waals surface area contributed by atoms with Crippen LogP contribution < -0.4 is 16.0 Å². The topological polar surface area (TPSA) is 144 Å². The van der Waals surface area contributed by atoms with Crippen molar-refractivity contribution in [2.24, 2.45) is 0 Å². The van der Waals surface area contributed by atoms with Crippen LogP contribution in [0.1, 0.15) is 67.9 Å². The largest absolute Gasteiger partial charge is 0.465 e. The smallest absolute Gasteiger partial charge is 0.409 e. The molecule has 46 heavy (non-hydrogen) atoms. The van der Waals surface area contributed by atoms with Crippen molar-refractivity contribution in [3.63, 3.8) is 0 Å². The van der Waals surface area contributed by atoms with Crippen LogP contribution in [-0.2, 0) is 19.5 Å². The van der Waals surface area contributed by atoms with E-state index in [1.54, 1.807) is 42.3 Å². The molecule has 2 atom stereocenters. The molecule has 0 bridgehead atoms. The number of nitrogens with zero attached hydrogens (tertiary/aromatic N) is 2. The van der Waals surface area contributed by atoms with Crippen molar-refractivity contribution in [2.75, 3.05) is 18.9 Å². The van der Waals surface area contributed by atoms with E-state index >= 15 is 0 Å². The van der Waals surface area contributed by atoms with E-state index in [1.165, 1.54) is 11.3 Å². The molecule has 0 spiro atoms. The summed E-state index contributed by atoms with van der Waals surface area (Å²) in [5.74, 6) is -0.431. The molecule has 0 unspecified atom stereocenters. The van der Waals surface area contributed by atoms with Crippen molar-refractivity contribution in [3.05, 3.63) is 117 Å². The number of amides is 3. The number of nitrogens with one attached hydrogen (secondary N) is 3. The van der Waals surface area contributed by atoms with Gasteiger partial charge in [0.15, 0.2) is 0 Å². The van der Waals surface area contributed by atoms with Crippen molar-refractivity contribution in [1.82, 2.24) is 20.5 Å². The van der Waals surface area contributed by atoms with E-state index in [-0.39, 0.29) is 18.4 Å². The molecule has 0 saturated heterocycles. The predicted molar refractivity (Wildman–Crippen MR) is 180 cm³/mol. The van der Waals surface area contributed by atoms with Crippen molar-refractivity contribution in [1.29, 1.82) is 0 Å². The Bertz CT molecular complexity index is 1640. The zero-order valence-corrected chi connectivity index (χ0v) is 27.3. The van der Waals surface area contributed by atoms with Crippen molar-refractivity contribution < 1.29 is 24.6 Å². The first-order valence-electron chi connectivity index (χ1n) is 15.1. The average molecular weight is 644 g/mol. The van der Waals surface area contributed by atoms with Crippen LogP contribution in [-0.4, -0.2) is 63.7 Å². The van der Waals surface area contributed by atoms with Crippen LogP contribution >= 0.6 is 11.3 Å². The second-order valence-corrected chi connectivity index (χ2v) is 12.6. The van der Waals surface area contributed by atoms with Crippen LogP contribution in [0.5, 0.6) is 0 Å². The molecule has 0 radical (unpaired) electrons. The van der Waals surface area contributed by atoms with Gasteiger partial charge in [-0.15, -0.1) is 11.3 Å². The summed E-state index contributed by atoms with van der Waals surface area (Å²) in [5, 5.41) is 31.9. The maximum absolute atomic E-state index is 13.5. The number of aryl methyl sites for hydroxylation is 1. The number of hydrogen-bond acceptors (Lipinski definition) is 7. The third-order valence-electron chi connectivity index (χ3n) is 7.45. The highest BCUT2D eigenvalue weighted by Gasteiger charge is 2.23. The van der Waals surface area contributed by atoms with Gasteiger partial charge in [0.1, 0.15) is 5.01 Å². The van der Waals surface area contributed by atoms with Crippen LogP contribution in [0, 0.1) is 6.92 Å². The minimum absolute atomic E-state index is 0.172. The van der Waals surface area contributed by atoms with E-state index in [0.29, 0.717) is 36.3 Å². The number of aliphatic hydroxyl groups excluding tert-OH is 1. The zero-order valence-electron chi connectivity index (χ0n) is 26.5. The normalized spacial score (nSPS) is 12.4. The fourth-order valence-electron chi connectivity index (χ4n) is 5.02. The molecule has 3 aromatic carbocycles. The van der Waals surface area contributed by atoms with Gasteiger partial charge >= 0.3 is 6.09 Å². The van der Waals surface area contributed by atoms with Gasteiger partial charge in [-0.3, -0.25) is 14.9 Å². The van der Waals surface area contributed by atoms with E-state index in [9.17, 15) is 24.6 Å². The van der Waals surface area contributed by atoms with E-state index in [1.807, 2.05) is 68.6 Å². The molecule has 0 aliphatic heterocycles. The van der Waals surface area contributed by atoms with E-state index < -0.39 is 24.1 Å². The minimum atomic E-state index is -1.14. The highest BCUT2D eigenvalue weighted by Crippen LogP contribution is 2.22. The number of carbonyl (C=O) groups excluding carboxylic acids is 2. The van der Waals surface area contributed by atoms with Gasteiger partial charge in [0.05, 0.1) is 18.7 Å². The van der Waals surface area contributed by atoms with Gasteiger partial charge in [0, 0.05) is 48.0 Å². The Labute approximate surface area is 273 Å². The predicted octanol–water partition coefficient (Wildman–Crippen LogP) is 5.43. The lowest BCUT2D eigenvalue weighted by Gasteiger charge is -2.25. The highest BCUT2D eigenvalue weighted by atomic mass is 32.1. The van der Waals surface area contributed by atoms with Gasteiger partial charge in [-0.05, 0) is 66.3 Å². The Balaban J connectivity index is 1.44. The third kappa shape index (κ3) is 9.96. The molecule has 0 aliphatic rings. The number of carbonyl (C=O) groups is 3. The zero-order chi connectivity index (χ0) is 33.2. The van der Waals surface area contributed by atoms with Crippen LogP contribution in [0.4, 0.5) is 10.5 Å². The summed E-state index contributed by atoms with van der Waals surface area (Å²) in [4.78, 5) is 43.9. The number of benzene rings is 3. The first-order chi connectivity index (χ1) is 22.0. The number of anilines is 1. The monoisotopic (exact) mass is 643 g/mol. The summed E-state index contributed by atoms with van der Waals surface area (Å²) in [5.41, 5.74) is 4.88. The maximum Gasteiger partial charge on any atom is 0.409 e. The second kappa shape index (κ2) is 16.1. The number of carboxylic acid groups (broad SMARTS) is 1. The molecule has 0 fully saturated rings. The summed E-state index contributed by atoms with van der Waals surface area (Å²) >= 11 is 1.49. The number of rotatable bonds is 14. The molecule has 242 valence electrons. The average Bonchev–Trinajstić information content (AvgIpc) is 3.44. The molecule has 3 amide bonds. The number of aliphatic hydroxyl groups is 1. The summed E-state index contributed by atoms with van der Waals surface area (Å²) in [6.07, 6.45) is -1.70. The Kier molecular flexibility index (Phi) is 12.0. The fraction of sp³-hybridized carbons (Fsp3) is 0.314. The Morgan fingerprint density at radius 2 is 1.70 bits per heavy atom. The lowest BCUT2D eigenvalue weighted by molar-refractivity contribution is 0.0784. The van der Waals surface area contributed by atoms with Gasteiger partial charge in [0.25, 0.3) is 11.8 Å². The molecular weight excluding hydrogens is 602 g/mol. The number of thiazole rings is 1. The van der Waals surface area contributed by atoms with Crippen LogP contribution in [0.2, 0.25) is 0 Å². The van der Waals surface area contributed by atoms with Gasteiger partial charge in [-0.1, -0.05) is 56.3 Å². The Morgan fingerprint density at radius 1 is 0.957 bits per heavy atom. The highest BCUT2D eigenvalue weighted by molar-refractivity contribution is 7.09. The van der Waals surface area contributed by atoms with Gasteiger partial charge < -0.3 is 25.7 Å². The molecule has 0 aliphatic carbocycles. The van der Waals surface area contributed by atoms with Gasteiger partial charge in [0.2, 0.25) is 0 Å². The molecular formula is C35H41N5O5S. The summed E-state index contributed by atoms with van der Waals surface area (Å²) in [7, 11) is 1.70. The number of aromatic nitrogens is 1. The quantitative estimate of drug-likeness (QED) is 0.123. The van der Waals surface area contributed by atoms with E-state index in [2.05, 4.69) is 20.9 Å². The fourth-order valence-corrected chi connectivity index (χ4v) is 5.85. The van der Waals surface area contributed by atoms with Crippen molar-refractivity contribution in [3.8, 4) is 0 Å². The Hall–Kier alpha value is -4.58. The minimum Gasteiger partial charge on any atom is -0.465 e. The molecule has 1 heterocycles. The lowest BCUT2D eigenvalue weighted by Crippen LogP contribution is -2.48. The lowest BCUT2D eigenvalue weighted by atomic mass is 9.99. The SMILES string of the molecule is Cc1csc(CN(C)C(=O)c2cccc(C(=O)N[C@@H](Cc3ccccc3)[C@H](O)CNCc3cc(NC(=O)O)cc(C(C)C)c3)c2)n1. The maximum atomic E-state index is 13.5. The van der Waals surface area contributed by atoms with Crippen LogP contribution in [0.3, 0.4) is 0 Å². The van der Waals surface area contributed by atoms with E-state index in [4.69, 9.17) is 0 Å². The number of hydrogen-bond donors (Lipinski definition) is 5. The second-order valence-electron chi connectivity index (χ2n) is 11.6. The molecule has 10 nitrogen and oxygen atoms in total. The summed E-state index contributed by atoms with van der Waals surface area (Å²) in [6, 6.07) is 21.1. The molecule has 5 N–H and O–H groups in total. The third-order valence-corrected chi connectivity index (χ3v) is 8.40. The van der Waals surface area contributed by atoms with Crippen molar-refractivity contribution in [2.45, 2.75) is 58.3 Å². The molecule has 0 saturated carbocycles. The van der Waals surface area contributed by atoms with Gasteiger partial charge in [-0.25, -0.2) is 9.78 Å². The standard InChI is InChI=1S/C35H41N5O5S/c1-22(2)28-13-25(14-29(17-28)38-35(44)45)18-36-19-31(41)30(15-24-9-6-5-7-10-24)39-33(42)26-11-8-12-27(16-26)34(43)40(4)20-32-37-23(3)21-46-32/h5-14,16-17,21-22,30-31,36,38,41H,15,18-20H2,1-4H3,(H,39,42)(H,44,45)/t30-,31+/m0/s1.